The SMILES string of the molecule is C=CCNC(=O)CNCCCCC. The van der Waals surface area contributed by atoms with Crippen molar-refractivity contribution in [3.63, 3.8) is 0 Å². The molecule has 0 aliphatic rings. The fourth-order valence-electron chi connectivity index (χ4n) is 0.950. The summed E-state index contributed by atoms with van der Waals surface area (Å²) >= 11 is 0. The third-order valence-corrected chi connectivity index (χ3v) is 1.69. The van der Waals surface area contributed by atoms with E-state index in [2.05, 4.69) is 24.1 Å². The van der Waals surface area contributed by atoms with Crippen LogP contribution >= 0.6 is 0 Å². The number of hydrogen-bond donors (Lipinski definition) is 2. The highest BCUT2D eigenvalue weighted by molar-refractivity contribution is 5.78. The predicted octanol–water partition coefficient (Wildman–Crippen LogP) is 1.07. The summed E-state index contributed by atoms with van der Waals surface area (Å²) in [6.45, 7) is 7.57. The van der Waals surface area contributed by atoms with Gasteiger partial charge in [-0.25, -0.2) is 0 Å². The Balaban J connectivity index is 3.12. The van der Waals surface area contributed by atoms with Crippen LogP contribution in [0.5, 0.6) is 0 Å². The Labute approximate surface area is 80.6 Å². The lowest BCUT2D eigenvalue weighted by Gasteiger charge is -2.03. The Morgan fingerprint density at radius 2 is 2.23 bits per heavy atom. The Morgan fingerprint density at radius 3 is 2.85 bits per heavy atom. The normalized spacial score (nSPS) is 9.62. The smallest absolute Gasteiger partial charge is 0.234 e. The van der Waals surface area contributed by atoms with E-state index in [9.17, 15) is 4.79 Å². The second kappa shape index (κ2) is 9.26. The molecule has 0 fully saturated rings. The zero-order valence-corrected chi connectivity index (χ0v) is 8.44. The largest absolute Gasteiger partial charge is 0.352 e. The summed E-state index contributed by atoms with van der Waals surface area (Å²) in [4.78, 5) is 11.0. The first kappa shape index (κ1) is 12.2. The maximum absolute atomic E-state index is 11.0. The van der Waals surface area contributed by atoms with Crippen LogP contribution < -0.4 is 10.6 Å². The van der Waals surface area contributed by atoms with Crippen molar-refractivity contribution in [1.29, 1.82) is 0 Å². The van der Waals surface area contributed by atoms with Crippen LogP contribution in [0.15, 0.2) is 12.7 Å². The van der Waals surface area contributed by atoms with E-state index in [0.717, 1.165) is 13.0 Å². The molecule has 3 heteroatoms. The molecular weight excluding hydrogens is 164 g/mol. The van der Waals surface area contributed by atoms with E-state index in [1.54, 1.807) is 6.08 Å². The van der Waals surface area contributed by atoms with Gasteiger partial charge in [-0.15, -0.1) is 6.58 Å². The average Bonchev–Trinajstić information content (AvgIpc) is 2.14. The molecule has 13 heavy (non-hydrogen) atoms. The van der Waals surface area contributed by atoms with Gasteiger partial charge in [-0.05, 0) is 13.0 Å². The Bertz CT molecular complexity index is 146. The molecule has 0 radical (unpaired) electrons. The summed E-state index contributed by atoms with van der Waals surface area (Å²) in [6.07, 6.45) is 5.26. The van der Waals surface area contributed by atoms with Gasteiger partial charge in [0.2, 0.25) is 5.91 Å². The molecule has 0 rings (SSSR count). The molecule has 0 saturated heterocycles. The van der Waals surface area contributed by atoms with Crippen LogP contribution in [0.25, 0.3) is 0 Å². The minimum atomic E-state index is 0.0383. The highest BCUT2D eigenvalue weighted by Gasteiger charge is 1.96. The van der Waals surface area contributed by atoms with Crippen molar-refractivity contribution in [2.24, 2.45) is 0 Å². The van der Waals surface area contributed by atoms with Gasteiger partial charge < -0.3 is 10.6 Å². The van der Waals surface area contributed by atoms with Gasteiger partial charge in [0, 0.05) is 6.54 Å². The lowest BCUT2D eigenvalue weighted by atomic mass is 10.2. The van der Waals surface area contributed by atoms with Crippen molar-refractivity contribution >= 4 is 5.91 Å². The minimum Gasteiger partial charge on any atom is -0.352 e. The van der Waals surface area contributed by atoms with Crippen LogP contribution in [-0.4, -0.2) is 25.5 Å². The molecule has 0 aromatic heterocycles. The van der Waals surface area contributed by atoms with Crippen LogP contribution in [0.4, 0.5) is 0 Å². The maximum Gasteiger partial charge on any atom is 0.234 e. The monoisotopic (exact) mass is 184 g/mol. The van der Waals surface area contributed by atoms with Gasteiger partial charge in [-0.2, -0.15) is 0 Å². The molecule has 0 atom stereocenters. The van der Waals surface area contributed by atoms with Crippen molar-refractivity contribution in [2.75, 3.05) is 19.6 Å². The standard InChI is InChI=1S/C10H20N2O/c1-3-5-6-8-11-9-10(13)12-7-4-2/h4,11H,2-3,5-9H2,1H3,(H,12,13). The molecule has 3 nitrogen and oxygen atoms in total. The van der Waals surface area contributed by atoms with Crippen molar-refractivity contribution < 1.29 is 4.79 Å². The van der Waals surface area contributed by atoms with Gasteiger partial charge in [-0.3, -0.25) is 4.79 Å². The number of carbonyl (C=O) groups is 1. The summed E-state index contributed by atoms with van der Waals surface area (Å²) in [5.74, 6) is 0.0383. The van der Waals surface area contributed by atoms with Crippen LogP contribution in [0.3, 0.4) is 0 Å². The quantitative estimate of drug-likeness (QED) is 0.437. The topological polar surface area (TPSA) is 41.1 Å². The highest BCUT2D eigenvalue weighted by Crippen LogP contribution is 1.90. The first-order valence-electron chi connectivity index (χ1n) is 4.89. The van der Waals surface area contributed by atoms with Crippen LogP contribution in [0.2, 0.25) is 0 Å². The van der Waals surface area contributed by atoms with E-state index < -0.39 is 0 Å². The number of carbonyl (C=O) groups excluding carboxylic acids is 1. The molecule has 0 saturated carbocycles. The number of hydrogen-bond acceptors (Lipinski definition) is 2. The van der Waals surface area contributed by atoms with E-state index >= 15 is 0 Å². The van der Waals surface area contributed by atoms with E-state index in [0.29, 0.717) is 13.1 Å². The maximum atomic E-state index is 11.0. The molecular formula is C10H20N2O. The second-order valence-electron chi connectivity index (χ2n) is 2.98. The fourth-order valence-corrected chi connectivity index (χ4v) is 0.950. The summed E-state index contributed by atoms with van der Waals surface area (Å²) in [7, 11) is 0. The van der Waals surface area contributed by atoms with E-state index in [4.69, 9.17) is 0 Å². The van der Waals surface area contributed by atoms with Crippen molar-refractivity contribution in [3.8, 4) is 0 Å². The molecule has 0 bridgehead atoms. The average molecular weight is 184 g/mol. The highest BCUT2D eigenvalue weighted by atomic mass is 16.1. The molecule has 0 aliphatic heterocycles. The third kappa shape index (κ3) is 9.08. The number of nitrogens with one attached hydrogen (secondary N) is 2. The van der Waals surface area contributed by atoms with Gasteiger partial charge in [-0.1, -0.05) is 25.8 Å². The third-order valence-electron chi connectivity index (χ3n) is 1.69. The first-order chi connectivity index (χ1) is 6.31. The van der Waals surface area contributed by atoms with Gasteiger partial charge in [0.05, 0.1) is 6.54 Å². The minimum absolute atomic E-state index is 0.0383. The zero-order chi connectivity index (χ0) is 9.94. The van der Waals surface area contributed by atoms with Crippen LogP contribution in [0.1, 0.15) is 26.2 Å². The molecule has 0 aliphatic carbocycles. The van der Waals surface area contributed by atoms with E-state index in [-0.39, 0.29) is 5.91 Å². The summed E-state index contributed by atoms with van der Waals surface area (Å²) < 4.78 is 0. The van der Waals surface area contributed by atoms with Crippen molar-refractivity contribution in [1.82, 2.24) is 10.6 Å². The van der Waals surface area contributed by atoms with E-state index in [1.165, 1.54) is 12.8 Å². The fraction of sp³-hybridized carbons (Fsp3) is 0.700. The van der Waals surface area contributed by atoms with Crippen LogP contribution in [-0.2, 0) is 4.79 Å². The van der Waals surface area contributed by atoms with Crippen molar-refractivity contribution in [2.45, 2.75) is 26.2 Å². The summed E-state index contributed by atoms with van der Waals surface area (Å²) in [5.41, 5.74) is 0. The molecule has 1 amide bonds. The molecule has 0 spiro atoms. The summed E-state index contributed by atoms with van der Waals surface area (Å²) in [5, 5.41) is 5.79. The van der Waals surface area contributed by atoms with Crippen LogP contribution in [0, 0.1) is 0 Å². The molecule has 0 heterocycles. The van der Waals surface area contributed by atoms with Gasteiger partial charge in [0.15, 0.2) is 0 Å². The second-order valence-corrected chi connectivity index (χ2v) is 2.98. The molecule has 0 aromatic carbocycles. The first-order valence-corrected chi connectivity index (χ1v) is 4.89. The Kier molecular flexibility index (Phi) is 8.67. The van der Waals surface area contributed by atoms with Gasteiger partial charge in [0.1, 0.15) is 0 Å². The molecule has 2 N–H and O–H groups in total. The number of amides is 1. The Hall–Kier alpha value is -0.830. The number of rotatable bonds is 8. The molecule has 76 valence electrons. The van der Waals surface area contributed by atoms with Gasteiger partial charge in [0.25, 0.3) is 0 Å². The van der Waals surface area contributed by atoms with Crippen molar-refractivity contribution in [3.05, 3.63) is 12.7 Å². The predicted molar refractivity (Wildman–Crippen MR) is 55.6 cm³/mol. The molecule has 0 aromatic rings. The number of unbranched alkanes of at least 4 members (excludes halogenated alkanes) is 2. The lowest BCUT2D eigenvalue weighted by Crippen LogP contribution is -2.34. The zero-order valence-electron chi connectivity index (χ0n) is 8.44. The van der Waals surface area contributed by atoms with E-state index in [1.807, 2.05) is 0 Å². The summed E-state index contributed by atoms with van der Waals surface area (Å²) in [6, 6.07) is 0. The molecule has 0 unspecified atom stereocenters. The lowest BCUT2D eigenvalue weighted by molar-refractivity contribution is -0.120. The Morgan fingerprint density at radius 1 is 1.46 bits per heavy atom. The van der Waals surface area contributed by atoms with Gasteiger partial charge >= 0.3 is 0 Å².